The normalized spacial score (nSPS) is 10.7. The molecule has 2 N–H and O–H groups in total. The van der Waals surface area contributed by atoms with Gasteiger partial charge in [-0.25, -0.2) is 4.98 Å². The Bertz CT molecular complexity index is 726. The van der Waals surface area contributed by atoms with Gasteiger partial charge in [0.1, 0.15) is 0 Å². The molecule has 3 nitrogen and oxygen atoms in total. The fourth-order valence-corrected chi connectivity index (χ4v) is 2.48. The zero-order chi connectivity index (χ0) is 14.7. The lowest BCUT2D eigenvalue weighted by Gasteiger charge is -2.09. The number of aryl methyl sites for hydroxylation is 3. The van der Waals surface area contributed by atoms with Crippen LogP contribution in [-0.4, -0.2) is 9.55 Å². The van der Waals surface area contributed by atoms with Gasteiger partial charge in [-0.3, -0.25) is 0 Å². The Morgan fingerprint density at radius 2 is 1.90 bits per heavy atom. The van der Waals surface area contributed by atoms with Crippen molar-refractivity contribution in [3.63, 3.8) is 0 Å². The Labute approximate surface area is 125 Å². The predicted molar refractivity (Wildman–Crippen MR) is 87.0 cm³/mol. The van der Waals surface area contributed by atoms with Crippen LogP contribution in [-0.2, 0) is 13.0 Å². The molecule has 0 aliphatic heterocycles. The summed E-state index contributed by atoms with van der Waals surface area (Å²) in [5.41, 5.74) is 11.4. The molecule has 3 aromatic rings. The van der Waals surface area contributed by atoms with Gasteiger partial charge in [0.05, 0.1) is 18.2 Å². The minimum Gasteiger partial charge on any atom is -0.399 e. The number of nitrogens with two attached hydrogens (primary N) is 1. The summed E-state index contributed by atoms with van der Waals surface area (Å²) in [5.74, 6) is 0. The zero-order valence-electron chi connectivity index (χ0n) is 12.2. The molecular formula is C18H19N3. The third-order valence-electron chi connectivity index (χ3n) is 3.65. The fraction of sp³-hybridized carbons (Fsp3) is 0.167. The summed E-state index contributed by atoms with van der Waals surface area (Å²) in [6.45, 7) is 3.02. The van der Waals surface area contributed by atoms with Crippen LogP contribution in [0.5, 0.6) is 0 Å². The second-order valence-electron chi connectivity index (χ2n) is 5.33. The maximum atomic E-state index is 5.72. The molecule has 0 unspecified atom stereocenters. The smallest absolute Gasteiger partial charge is 0.0951 e. The summed E-state index contributed by atoms with van der Waals surface area (Å²) in [7, 11) is 0. The highest BCUT2D eigenvalue weighted by molar-refractivity contribution is 5.59. The van der Waals surface area contributed by atoms with Crippen LogP contribution in [0.15, 0.2) is 61.1 Å². The molecule has 1 aromatic heterocycles. The molecule has 0 aliphatic rings. The van der Waals surface area contributed by atoms with Crippen molar-refractivity contribution in [3.05, 3.63) is 72.2 Å². The Hall–Kier alpha value is -2.55. The Morgan fingerprint density at radius 3 is 2.67 bits per heavy atom. The summed E-state index contributed by atoms with van der Waals surface area (Å²) in [6.07, 6.45) is 4.79. The van der Waals surface area contributed by atoms with E-state index in [0.717, 1.165) is 24.3 Å². The molecule has 0 aliphatic carbocycles. The van der Waals surface area contributed by atoms with Crippen molar-refractivity contribution in [2.75, 3.05) is 5.73 Å². The van der Waals surface area contributed by atoms with E-state index in [4.69, 9.17) is 5.73 Å². The Balaban J connectivity index is 1.78. The van der Waals surface area contributed by atoms with E-state index in [-0.39, 0.29) is 0 Å². The number of benzene rings is 2. The van der Waals surface area contributed by atoms with Gasteiger partial charge in [0.2, 0.25) is 0 Å². The van der Waals surface area contributed by atoms with Crippen LogP contribution in [0.25, 0.3) is 11.3 Å². The standard InChI is InChI=1S/C18H19N3/c1-14-3-2-4-16(11-14)18-12-20-13-21(18)10-9-15-5-7-17(19)8-6-15/h2-8,11-13H,9-10,19H2,1H3. The zero-order valence-corrected chi connectivity index (χ0v) is 12.2. The van der Waals surface area contributed by atoms with Crippen LogP contribution < -0.4 is 5.73 Å². The maximum Gasteiger partial charge on any atom is 0.0951 e. The van der Waals surface area contributed by atoms with E-state index in [2.05, 4.69) is 52.9 Å². The van der Waals surface area contributed by atoms with Gasteiger partial charge in [-0.1, -0.05) is 35.9 Å². The van der Waals surface area contributed by atoms with Gasteiger partial charge in [0.15, 0.2) is 0 Å². The molecule has 21 heavy (non-hydrogen) atoms. The Kier molecular flexibility index (Phi) is 3.73. The molecule has 1 heterocycles. The first kappa shape index (κ1) is 13.4. The van der Waals surface area contributed by atoms with E-state index in [9.17, 15) is 0 Å². The van der Waals surface area contributed by atoms with Gasteiger partial charge >= 0.3 is 0 Å². The van der Waals surface area contributed by atoms with E-state index in [1.54, 1.807) is 0 Å². The number of aromatic nitrogens is 2. The summed E-state index contributed by atoms with van der Waals surface area (Å²) in [6, 6.07) is 16.6. The first-order valence-electron chi connectivity index (χ1n) is 7.14. The SMILES string of the molecule is Cc1cccc(-c2cncn2CCc2ccc(N)cc2)c1. The lowest BCUT2D eigenvalue weighted by atomic mass is 10.1. The molecule has 0 radical (unpaired) electrons. The predicted octanol–water partition coefficient (Wildman–Crippen LogP) is 3.68. The Morgan fingerprint density at radius 1 is 1.10 bits per heavy atom. The highest BCUT2D eigenvalue weighted by atomic mass is 15.0. The molecule has 106 valence electrons. The number of imidazole rings is 1. The lowest BCUT2D eigenvalue weighted by molar-refractivity contribution is 0.702. The van der Waals surface area contributed by atoms with Gasteiger partial charge in [-0.15, -0.1) is 0 Å². The summed E-state index contributed by atoms with van der Waals surface area (Å²) >= 11 is 0. The average Bonchev–Trinajstić information content (AvgIpc) is 2.95. The number of hydrogen-bond donors (Lipinski definition) is 1. The number of anilines is 1. The summed E-state index contributed by atoms with van der Waals surface area (Å²) in [5, 5.41) is 0. The third-order valence-corrected chi connectivity index (χ3v) is 3.65. The molecule has 3 heteroatoms. The van der Waals surface area contributed by atoms with Gasteiger partial charge < -0.3 is 10.3 Å². The van der Waals surface area contributed by atoms with Crippen LogP contribution in [0.4, 0.5) is 5.69 Å². The number of nitrogen functional groups attached to an aromatic ring is 1. The summed E-state index contributed by atoms with van der Waals surface area (Å²) in [4.78, 5) is 4.30. The first-order chi connectivity index (χ1) is 10.2. The molecular weight excluding hydrogens is 258 g/mol. The van der Waals surface area contributed by atoms with Crippen LogP contribution >= 0.6 is 0 Å². The van der Waals surface area contributed by atoms with Crippen LogP contribution in [0.1, 0.15) is 11.1 Å². The quantitative estimate of drug-likeness (QED) is 0.739. The van der Waals surface area contributed by atoms with Crippen molar-refractivity contribution in [3.8, 4) is 11.3 Å². The lowest BCUT2D eigenvalue weighted by Crippen LogP contribution is -2.02. The molecule has 0 saturated heterocycles. The second kappa shape index (κ2) is 5.83. The van der Waals surface area contributed by atoms with Crippen molar-refractivity contribution >= 4 is 5.69 Å². The van der Waals surface area contributed by atoms with Crippen molar-refractivity contribution in [1.29, 1.82) is 0 Å². The molecule has 3 rings (SSSR count). The largest absolute Gasteiger partial charge is 0.399 e. The van der Waals surface area contributed by atoms with E-state index < -0.39 is 0 Å². The van der Waals surface area contributed by atoms with Crippen molar-refractivity contribution < 1.29 is 0 Å². The van der Waals surface area contributed by atoms with Crippen LogP contribution in [0, 0.1) is 6.92 Å². The molecule has 0 atom stereocenters. The average molecular weight is 277 g/mol. The van der Waals surface area contributed by atoms with E-state index in [1.165, 1.54) is 16.7 Å². The van der Waals surface area contributed by atoms with Gasteiger partial charge in [-0.2, -0.15) is 0 Å². The van der Waals surface area contributed by atoms with E-state index >= 15 is 0 Å². The topological polar surface area (TPSA) is 43.8 Å². The molecule has 0 amide bonds. The molecule has 2 aromatic carbocycles. The minimum atomic E-state index is 0.807. The molecule has 0 bridgehead atoms. The number of rotatable bonds is 4. The van der Waals surface area contributed by atoms with Crippen LogP contribution in [0.2, 0.25) is 0 Å². The molecule has 0 fully saturated rings. The maximum absolute atomic E-state index is 5.72. The van der Waals surface area contributed by atoms with Crippen LogP contribution in [0.3, 0.4) is 0 Å². The summed E-state index contributed by atoms with van der Waals surface area (Å²) < 4.78 is 2.20. The van der Waals surface area contributed by atoms with Crippen molar-refractivity contribution in [2.24, 2.45) is 0 Å². The molecule has 0 saturated carbocycles. The van der Waals surface area contributed by atoms with Gasteiger partial charge in [-0.05, 0) is 37.1 Å². The van der Waals surface area contributed by atoms with E-state index in [0.29, 0.717) is 0 Å². The monoisotopic (exact) mass is 277 g/mol. The molecule has 0 spiro atoms. The van der Waals surface area contributed by atoms with Gasteiger partial charge in [0, 0.05) is 17.8 Å². The van der Waals surface area contributed by atoms with Gasteiger partial charge in [0.25, 0.3) is 0 Å². The highest BCUT2D eigenvalue weighted by Gasteiger charge is 2.05. The second-order valence-corrected chi connectivity index (χ2v) is 5.33. The minimum absolute atomic E-state index is 0.807. The number of hydrogen-bond acceptors (Lipinski definition) is 2. The third kappa shape index (κ3) is 3.14. The number of nitrogens with zero attached hydrogens (tertiary/aromatic N) is 2. The van der Waals surface area contributed by atoms with Crippen molar-refractivity contribution in [2.45, 2.75) is 19.9 Å². The van der Waals surface area contributed by atoms with Crippen molar-refractivity contribution in [1.82, 2.24) is 9.55 Å². The fourth-order valence-electron chi connectivity index (χ4n) is 2.48. The first-order valence-corrected chi connectivity index (χ1v) is 7.14. The van der Waals surface area contributed by atoms with E-state index in [1.807, 2.05) is 24.7 Å². The highest BCUT2D eigenvalue weighted by Crippen LogP contribution is 2.20.